The van der Waals surface area contributed by atoms with E-state index in [9.17, 15) is 9.90 Å². The van der Waals surface area contributed by atoms with Crippen molar-refractivity contribution < 1.29 is 9.90 Å². The van der Waals surface area contributed by atoms with Crippen LogP contribution in [0.2, 0.25) is 10.0 Å². The van der Waals surface area contributed by atoms with E-state index in [1.54, 1.807) is 6.07 Å². The van der Waals surface area contributed by atoms with Crippen molar-refractivity contribution in [1.29, 1.82) is 0 Å². The fraction of sp³-hybridized carbons (Fsp3) is 0.250. The first-order chi connectivity index (χ1) is 15.9. The number of halogens is 2. The van der Waals surface area contributed by atoms with Gasteiger partial charge in [-0.2, -0.15) is 0 Å². The molecule has 2 heterocycles. The van der Waals surface area contributed by atoms with Gasteiger partial charge in [0.05, 0.1) is 0 Å². The molecule has 7 nitrogen and oxygen atoms in total. The van der Waals surface area contributed by atoms with Gasteiger partial charge in [-0.1, -0.05) is 47.5 Å². The van der Waals surface area contributed by atoms with Gasteiger partial charge in [-0.25, -0.2) is 19.7 Å². The number of aromatic nitrogens is 4. The highest BCUT2D eigenvalue weighted by Gasteiger charge is 2.30. The monoisotopic (exact) mass is 481 g/mol. The van der Waals surface area contributed by atoms with E-state index in [1.165, 1.54) is 0 Å². The van der Waals surface area contributed by atoms with Gasteiger partial charge in [-0.3, -0.25) is 0 Å². The van der Waals surface area contributed by atoms with Crippen molar-refractivity contribution in [1.82, 2.24) is 19.5 Å². The summed E-state index contributed by atoms with van der Waals surface area (Å²) in [7, 11) is 0. The highest BCUT2D eigenvalue weighted by atomic mass is 35.5. The lowest BCUT2D eigenvalue weighted by atomic mass is 10.2. The molecule has 33 heavy (non-hydrogen) atoms. The first-order valence-electron chi connectivity index (χ1n) is 10.7. The molecule has 1 saturated carbocycles. The Balaban J connectivity index is 1.73. The van der Waals surface area contributed by atoms with Crippen LogP contribution in [0.5, 0.6) is 0 Å². The second-order valence-electron chi connectivity index (χ2n) is 8.30. The molecule has 0 amide bonds. The van der Waals surface area contributed by atoms with Crippen molar-refractivity contribution in [2.24, 2.45) is 5.92 Å². The zero-order valence-corrected chi connectivity index (χ0v) is 19.3. The number of aromatic carboxylic acids is 1. The molecule has 0 saturated heterocycles. The number of carboxylic acids is 1. The molecule has 0 unspecified atom stereocenters. The number of carboxylic acid groups (broad SMARTS) is 1. The molecule has 2 aromatic heterocycles. The van der Waals surface area contributed by atoms with Gasteiger partial charge in [0.25, 0.3) is 0 Å². The molecule has 2 aromatic carbocycles. The summed E-state index contributed by atoms with van der Waals surface area (Å²) in [6.45, 7) is 2.56. The van der Waals surface area contributed by atoms with Crippen molar-refractivity contribution in [2.75, 3.05) is 5.32 Å². The highest BCUT2D eigenvalue weighted by molar-refractivity contribution is 6.31. The molecule has 0 aliphatic heterocycles. The first kappa shape index (κ1) is 21.7. The lowest BCUT2D eigenvalue weighted by molar-refractivity contribution is 0.0684. The lowest BCUT2D eigenvalue weighted by Gasteiger charge is -2.17. The third-order valence-electron chi connectivity index (χ3n) is 5.82. The summed E-state index contributed by atoms with van der Waals surface area (Å²) >= 11 is 12.3. The third kappa shape index (κ3) is 4.51. The average Bonchev–Trinajstić information content (AvgIpc) is 3.57. The minimum absolute atomic E-state index is 0.151. The number of imidazole rings is 1. The second-order valence-corrected chi connectivity index (χ2v) is 9.17. The number of carbonyl (C=O) groups is 1. The molecule has 1 aliphatic carbocycles. The topological polar surface area (TPSA) is 92.9 Å². The average molecular weight is 482 g/mol. The summed E-state index contributed by atoms with van der Waals surface area (Å²) in [5.41, 5.74) is 2.77. The molecule has 1 atom stereocenters. The second kappa shape index (κ2) is 8.65. The highest BCUT2D eigenvalue weighted by Crippen LogP contribution is 2.36. The Labute approximate surface area is 200 Å². The van der Waals surface area contributed by atoms with Crippen LogP contribution in [0.15, 0.2) is 48.5 Å². The van der Waals surface area contributed by atoms with Crippen molar-refractivity contribution >= 4 is 46.2 Å². The van der Waals surface area contributed by atoms with Crippen LogP contribution in [0.3, 0.4) is 0 Å². The van der Waals surface area contributed by atoms with E-state index in [0.717, 1.165) is 24.0 Å². The van der Waals surface area contributed by atoms with Crippen molar-refractivity contribution in [3.05, 3.63) is 70.0 Å². The normalized spacial score (nSPS) is 14.4. The van der Waals surface area contributed by atoms with Crippen molar-refractivity contribution in [2.45, 2.75) is 32.4 Å². The van der Waals surface area contributed by atoms with Gasteiger partial charge in [-0.05, 0) is 55.5 Å². The smallest absolute Gasteiger partial charge is 0.374 e. The Morgan fingerprint density at radius 2 is 1.88 bits per heavy atom. The predicted molar refractivity (Wildman–Crippen MR) is 129 cm³/mol. The summed E-state index contributed by atoms with van der Waals surface area (Å²) in [6, 6.07) is 15.1. The minimum Gasteiger partial charge on any atom is -0.475 e. The third-order valence-corrected chi connectivity index (χ3v) is 6.31. The fourth-order valence-electron chi connectivity index (χ4n) is 3.94. The van der Waals surface area contributed by atoms with Crippen LogP contribution in [0.25, 0.3) is 22.6 Å². The summed E-state index contributed by atoms with van der Waals surface area (Å²) < 4.78 is 2.00. The van der Waals surface area contributed by atoms with E-state index < -0.39 is 5.97 Å². The van der Waals surface area contributed by atoms with Crippen LogP contribution >= 0.6 is 23.2 Å². The zero-order valence-electron chi connectivity index (χ0n) is 17.8. The Morgan fingerprint density at radius 3 is 2.55 bits per heavy atom. The van der Waals surface area contributed by atoms with Crippen LogP contribution in [-0.2, 0) is 6.54 Å². The van der Waals surface area contributed by atoms with Crippen LogP contribution < -0.4 is 5.32 Å². The molecule has 4 aromatic rings. The molecule has 1 aliphatic rings. The van der Waals surface area contributed by atoms with Crippen molar-refractivity contribution in [3.8, 4) is 11.4 Å². The summed E-state index contributed by atoms with van der Waals surface area (Å²) in [5, 5.41) is 14.3. The Hall–Kier alpha value is -3.16. The molecule has 9 heteroatoms. The van der Waals surface area contributed by atoms with Gasteiger partial charge in [0.1, 0.15) is 11.3 Å². The van der Waals surface area contributed by atoms with E-state index in [2.05, 4.69) is 22.2 Å². The molecule has 168 valence electrons. The molecule has 5 rings (SSSR count). The van der Waals surface area contributed by atoms with Crippen LogP contribution in [0.1, 0.15) is 35.9 Å². The molecule has 0 radical (unpaired) electrons. The van der Waals surface area contributed by atoms with Gasteiger partial charge in [0.2, 0.25) is 5.82 Å². The van der Waals surface area contributed by atoms with Gasteiger partial charge in [0, 0.05) is 28.2 Å². The number of nitrogens with zero attached hydrogens (tertiary/aromatic N) is 4. The van der Waals surface area contributed by atoms with Gasteiger partial charge in [0.15, 0.2) is 11.5 Å². The SMILES string of the molecule is C[C@@H](Nc1nc(C(=O)O)nc2nc(-c3cccc(Cl)c3)n(Cc3ccc(Cl)cc3)c12)C1CC1. The van der Waals surface area contributed by atoms with Crippen LogP contribution in [0.4, 0.5) is 5.82 Å². The molecule has 0 spiro atoms. The Morgan fingerprint density at radius 1 is 1.12 bits per heavy atom. The maximum absolute atomic E-state index is 11.7. The number of fused-ring (bicyclic) bond motifs is 1. The summed E-state index contributed by atoms with van der Waals surface area (Å²) in [6.07, 6.45) is 2.29. The summed E-state index contributed by atoms with van der Waals surface area (Å²) in [5.74, 6) is 0.147. The largest absolute Gasteiger partial charge is 0.475 e. The van der Waals surface area contributed by atoms with E-state index in [-0.39, 0.29) is 11.9 Å². The van der Waals surface area contributed by atoms with E-state index >= 15 is 0 Å². The Bertz CT molecular complexity index is 1350. The van der Waals surface area contributed by atoms with Gasteiger partial charge >= 0.3 is 5.97 Å². The number of rotatable bonds is 7. The van der Waals surface area contributed by atoms with Crippen LogP contribution in [-0.4, -0.2) is 36.6 Å². The summed E-state index contributed by atoms with van der Waals surface area (Å²) in [4.78, 5) is 25.1. The first-order valence-corrected chi connectivity index (χ1v) is 11.4. The number of hydrogen-bond acceptors (Lipinski definition) is 5. The lowest BCUT2D eigenvalue weighted by Crippen LogP contribution is -2.20. The molecule has 1 fully saturated rings. The zero-order chi connectivity index (χ0) is 23.1. The van der Waals surface area contributed by atoms with E-state index in [1.807, 2.05) is 47.0 Å². The number of benzene rings is 2. The molecule has 0 bridgehead atoms. The molecular weight excluding hydrogens is 461 g/mol. The maximum Gasteiger partial charge on any atom is 0.374 e. The number of anilines is 1. The minimum atomic E-state index is -1.20. The van der Waals surface area contributed by atoms with E-state index in [0.29, 0.717) is 45.3 Å². The van der Waals surface area contributed by atoms with Gasteiger partial charge in [-0.15, -0.1) is 0 Å². The quantitative estimate of drug-likeness (QED) is 0.348. The van der Waals surface area contributed by atoms with Crippen LogP contribution in [0, 0.1) is 5.92 Å². The number of hydrogen-bond donors (Lipinski definition) is 2. The fourth-order valence-corrected chi connectivity index (χ4v) is 4.25. The predicted octanol–water partition coefficient (Wildman–Crippen LogP) is 5.76. The maximum atomic E-state index is 11.7. The molecular formula is C24H21Cl2N5O2. The standard InChI is InChI=1S/C24H21Cl2N5O2/c1-13(15-7-8-15)27-20-19-21(29-22(28-20)24(32)33)30-23(16-3-2-4-18(26)11-16)31(19)12-14-5-9-17(25)10-6-14/h2-6,9-11,13,15H,7-8,12H2,1H3,(H,32,33)(H,27,28,29)/t13-/m1/s1. The number of nitrogens with one attached hydrogen (secondary N) is 1. The van der Waals surface area contributed by atoms with Gasteiger partial charge < -0.3 is 15.0 Å². The molecule has 2 N–H and O–H groups in total. The van der Waals surface area contributed by atoms with E-state index in [4.69, 9.17) is 28.2 Å². The Kier molecular flexibility index (Phi) is 5.68. The van der Waals surface area contributed by atoms with Crippen molar-refractivity contribution in [3.63, 3.8) is 0 Å².